The molecule has 0 amide bonds. The van der Waals surface area contributed by atoms with Gasteiger partial charge in [0, 0.05) is 43.6 Å². The molecule has 0 aliphatic carbocycles. The van der Waals surface area contributed by atoms with Crippen LogP contribution in [-0.4, -0.2) is 26.9 Å². The summed E-state index contributed by atoms with van der Waals surface area (Å²) in [5.74, 6) is 0.852. The Morgan fingerprint density at radius 2 is 2.11 bits per heavy atom. The van der Waals surface area contributed by atoms with Crippen LogP contribution in [0.3, 0.4) is 0 Å². The summed E-state index contributed by atoms with van der Waals surface area (Å²) in [6.45, 7) is 5.89. The molecule has 4 nitrogen and oxygen atoms in total. The van der Waals surface area contributed by atoms with Crippen LogP contribution < -0.4 is 15.8 Å². The minimum Gasteiger partial charge on any atom is -0.496 e. The van der Waals surface area contributed by atoms with Crippen molar-refractivity contribution in [2.75, 3.05) is 32.6 Å². The summed E-state index contributed by atoms with van der Waals surface area (Å²) < 4.78 is 10.8. The Bertz CT molecular complexity index is 415. The molecular formula is C15H24N2O2. The summed E-state index contributed by atoms with van der Waals surface area (Å²) in [7, 11) is 1.68. The number of nitrogen functional groups attached to an aromatic ring is 1. The highest BCUT2D eigenvalue weighted by Crippen LogP contribution is 2.29. The first-order valence-electron chi connectivity index (χ1n) is 6.84. The van der Waals surface area contributed by atoms with E-state index in [1.165, 1.54) is 0 Å². The van der Waals surface area contributed by atoms with Gasteiger partial charge in [0.1, 0.15) is 5.75 Å². The number of methoxy groups -OCH3 is 1. The molecule has 0 radical (unpaired) electrons. The Hall–Kier alpha value is -1.26. The van der Waals surface area contributed by atoms with E-state index in [2.05, 4.69) is 12.2 Å². The van der Waals surface area contributed by atoms with Gasteiger partial charge in [-0.2, -0.15) is 0 Å². The van der Waals surface area contributed by atoms with Crippen molar-refractivity contribution in [2.45, 2.75) is 26.3 Å². The van der Waals surface area contributed by atoms with Gasteiger partial charge >= 0.3 is 0 Å². The lowest BCUT2D eigenvalue weighted by atomic mass is 9.82. The Balaban J connectivity index is 1.88. The molecule has 106 valence electrons. The van der Waals surface area contributed by atoms with Crippen LogP contribution in [-0.2, 0) is 11.3 Å². The van der Waals surface area contributed by atoms with E-state index >= 15 is 0 Å². The summed E-state index contributed by atoms with van der Waals surface area (Å²) in [5.41, 5.74) is 7.98. The van der Waals surface area contributed by atoms with Crippen LogP contribution in [0, 0.1) is 5.41 Å². The van der Waals surface area contributed by atoms with Crippen LogP contribution in [0.25, 0.3) is 0 Å². The Labute approximate surface area is 115 Å². The van der Waals surface area contributed by atoms with Gasteiger partial charge in [-0.25, -0.2) is 0 Å². The van der Waals surface area contributed by atoms with Gasteiger partial charge in [0.15, 0.2) is 0 Å². The molecule has 19 heavy (non-hydrogen) atoms. The first-order chi connectivity index (χ1) is 9.13. The van der Waals surface area contributed by atoms with Crippen molar-refractivity contribution in [2.24, 2.45) is 5.41 Å². The van der Waals surface area contributed by atoms with Crippen LogP contribution in [0.2, 0.25) is 0 Å². The largest absolute Gasteiger partial charge is 0.496 e. The molecule has 0 unspecified atom stereocenters. The van der Waals surface area contributed by atoms with Gasteiger partial charge in [0.25, 0.3) is 0 Å². The highest BCUT2D eigenvalue weighted by molar-refractivity contribution is 5.48. The Morgan fingerprint density at radius 1 is 1.37 bits per heavy atom. The molecule has 1 aliphatic rings. The SMILES string of the molecule is COc1cc(N)ccc1CNCC1(C)CCOCC1. The Morgan fingerprint density at radius 3 is 2.79 bits per heavy atom. The fourth-order valence-electron chi connectivity index (χ4n) is 2.45. The third-order valence-corrected chi connectivity index (χ3v) is 3.88. The van der Waals surface area contributed by atoms with Crippen molar-refractivity contribution in [3.63, 3.8) is 0 Å². The van der Waals surface area contributed by atoms with E-state index in [9.17, 15) is 0 Å². The number of nitrogens with two attached hydrogens (primary N) is 1. The van der Waals surface area contributed by atoms with Crippen LogP contribution >= 0.6 is 0 Å². The molecule has 1 aliphatic heterocycles. The summed E-state index contributed by atoms with van der Waals surface area (Å²) in [6, 6.07) is 5.80. The third-order valence-electron chi connectivity index (χ3n) is 3.88. The second-order valence-corrected chi connectivity index (χ2v) is 5.60. The van der Waals surface area contributed by atoms with E-state index in [0.29, 0.717) is 5.41 Å². The van der Waals surface area contributed by atoms with E-state index in [1.807, 2.05) is 18.2 Å². The van der Waals surface area contributed by atoms with Crippen molar-refractivity contribution in [1.82, 2.24) is 5.32 Å². The number of hydrogen-bond donors (Lipinski definition) is 2. The zero-order chi connectivity index (χ0) is 13.7. The zero-order valence-electron chi connectivity index (χ0n) is 11.9. The molecule has 0 saturated carbocycles. The van der Waals surface area contributed by atoms with E-state index in [4.69, 9.17) is 15.2 Å². The molecule has 1 aromatic carbocycles. The van der Waals surface area contributed by atoms with Crippen LogP contribution in [0.1, 0.15) is 25.3 Å². The number of anilines is 1. The molecule has 1 fully saturated rings. The summed E-state index contributed by atoms with van der Waals surface area (Å²) in [6.07, 6.45) is 2.25. The topological polar surface area (TPSA) is 56.5 Å². The van der Waals surface area contributed by atoms with Crippen molar-refractivity contribution in [3.8, 4) is 5.75 Å². The number of benzene rings is 1. The van der Waals surface area contributed by atoms with Gasteiger partial charge in [-0.05, 0) is 24.3 Å². The smallest absolute Gasteiger partial charge is 0.125 e. The van der Waals surface area contributed by atoms with E-state index in [1.54, 1.807) is 7.11 Å². The van der Waals surface area contributed by atoms with Crippen molar-refractivity contribution in [1.29, 1.82) is 0 Å². The average Bonchev–Trinajstić information content (AvgIpc) is 2.41. The highest BCUT2D eigenvalue weighted by atomic mass is 16.5. The summed E-state index contributed by atoms with van der Waals surface area (Å²) in [5, 5.41) is 3.53. The predicted molar refractivity (Wildman–Crippen MR) is 77.3 cm³/mol. The minimum atomic E-state index is 0.347. The molecule has 0 spiro atoms. The fourth-order valence-corrected chi connectivity index (χ4v) is 2.45. The zero-order valence-corrected chi connectivity index (χ0v) is 11.9. The molecule has 0 bridgehead atoms. The lowest BCUT2D eigenvalue weighted by Crippen LogP contribution is -2.36. The number of rotatable bonds is 5. The lowest BCUT2D eigenvalue weighted by Gasteiger charge is -2.33. The second-order valence-electron chi connectivity index (χ2n) is 5.60. The number of nitrogens with one attached hydrogen (secondary N) is 1. The second kappa shape index (κ2) is 6.26. The first kappa shape index (κ1) is 14.2. The van der Waals surface area contributed by atoms with Gasteiger partial charge in [0.05, 0.1) is 7.11 Å². The van der Waals surface area contributed by atoms with Gasteiger partial charge in [-0.15, -0.1) is 0 Å². The van der Waals surface area contributed by atoms with Crippen molar-refractivity contribution < 1.29 is 9.47 Å². The van der Waals surface area contributed by atoms with Gasteiger partial charge in [-0.3, -0.25) is 0 Å². The average molecular weight is 264 g/mol. The molecule has 1 saturated heterocycles. The predicted octanol–water partition coefficient (Wildman–Crippen LogP) is 2.18. The quantitative estimate of drug-likeness (QED) is 0.800. The van der Waals surface area contributed by atoms with Gasteiger partial charge in [0.2, 0.25) is 0 Å². The maximum absolute atomic E-state index is 5.76. The lowest BCUT2D eigenvalue weighted by molar-refractivity contribution is 0.0240. The van der Waals surface area contributed by atoms with E-state index in [-0.39, 0.29) is 0 Å². The van der Waals surface area contributed by atoms with Crippen LogP contribution in [0.4, 0.5) is 5.69 Å². The maximum Gasteiger partial charge on any atom is 0.125 e. The highest BCUT2D eigenvalue weighted by Gasteiger charge is 2.26. The number of ether oxygens (including phenoxy) is 2. The van der Waals surface area contributed by atoms with Crippen LogP contribution in [0.5, 0.6) is 5.75 Å². The van der Waals surface area contributed by atoms with Crippen molar-refractivity contribution >= 4 is 5.69 Å². The molecular weight excluding hydrogens is 240 g/mol. The standard InChI is InChI=1S/C15H24N2O2/c1-15(5-7-19-8-6-15)11-17-10-12-3-4-13(16)9-14(12)18-2/h3-4,9,17H,5-8,10-11,16H2,1-2H3. The molecule has 3 N–H and O–H groups in total. The van der Waals surface area contributed by atoms with Crippen LogP contribution in [0.15, 0.2) is 18.2 Å². The number of hydrogen-bond acceptors (Lipinski definition) is 4. The monoisotopic (exact) mass is 264 g/mol. The molecule has 1 aromatic rings. The molecule has 2 rings (SSSR count). The van der Waals surface area contributed by atoms with E-state index in [0.717, 1.165) is 56.1 Å². The summed E-state index contributed by atoms with van der Waals surface area (Å²) in [4.78, 5) is 0. The van der Waals surface area contributed by atoms with Crippen molar-refractivity contribution in [3.05, 3.63) is 23.8 Å². The molecule has 0 aromatic heterocycles. The van der Waals surface area contributed by atoms with E-state index < -0.39 is 0 Å². The minimum absolute atomic E-state index is 0.347. The molecule has 1 heterocycles. The normalized spacial score (nSPS) is 18.2. The Kier molecular flexibility index (Phi) is 4.66. The summed E-state index contributed by atoms with van der Waals surface area (Å²) >= 11 is 0. The first-order valence-corrected chi connectivity index (χ1v) is 6.84. The molecule has 4 heteroatoms. The van der Waals surface area contributed by atoms with Gasteiger partial charge < -0.3 is 20.5 Å². The maximum atomic E-state index is 5.76. The molecule has 0 atom stereocenters. The van der Waals surface area contributed by atoms with Gasteiger partial charge in [-0.1, -0.05) is 13.0 Å². The third kappa shape index (κ3) is 3.85. The fraction of sp³-hybridized carbons (Fsp3) is 0.600.